The topological polar surface area (TPSA) is 47.6 Å². The number of thiocarbonyl (C=S) groups is 1. The van der Waals surface area contributed by atoms with Crippen LogP contribution in [-0.2, 0) is 11.3 Å². The highest BCUT2D eigenvalue weighted by atomic mass is 32.1. The molecule has 1 heterocycles. The lowest BCUT2D eigenvalue weighted by Gasteiger charge is -2.56. The van der Waals surface area contributed by atoms with Crippen molar-refractivity contribution in [1.29, 1.82) is 0 Å². The van der Waals surface area contributed by atoms with Crippen LogP contribution in [-0.4, -0.2) is 42.1 Å². The molecule has 190 valence electrons. The molecule has 1 saturated heterocycles. The molecule has 36 heavy (non-hydrogen) atoms. The molecule has 5 nitrogen and oxygen atoms in total. The number of rotatable bonds is 6. The SMILES string of the molecule is O=C(CC12CC3CC(CC(C3)C1)C2)NC(=S)Nc1ccc(N2CCN(Cc3ccccc3)CC2)cc1. The Bertz CT molecular complexity index is 1040. The van der Waals surface area contributed by atoms with Gasteiger partial charge in [-0.05, 0) is 104 Å². The minimum Gasteiger partial charge on any atom is -0.369 e. The van der Waals surface area contributed by atoms with Crippen LogP contribution >= 0.6 is 12.2 Å². The van der Waals surface area contributed by atoms with Gasteiger partial charge in [-0.25, -0.2) is 0 Å². The van der Waals surface area contributed by atoms with E-state index in [-0.39, 0.29) is 11.3 Å². The van der Waals surface area contributed by atoms with Crippen LogP contribution in [0.5, 0.6) is 0 Å². The highest BCUT2D eigenvalue weighted by molar-refractivity contribution is 7.80. The highest BCUT2D eigenvalue weighted by Crippen LogP contribution is 2.61. The van der Waals surface area contributed by atoms with E-state index in [1.54, 1.807) is 0 Å². The molecule has 0 spiro atoms. The van der Waals surface area contributed by atoms with E-state index in [1.807, 2.05) is 0 Å². The molecule has 1 aliphatic heterocycles. The monoisotopic (exact) mass is 502 g/mol. The van der Waals surface area contributed by atoms with Crippen molar-refractivity contribution in [3.05, 3.63) is 60.2 Å². The molecule has 5 fully saturated rings. The van der Waals surface area contributed by atoms with Gasteiger partial charge in [-0.3, -0.25) is 9.69 Å². The molecular weight excluding hydrogens is 464 g/mol. The maximum absolute atomic E-state index is 12.9. The van der Waals surface area contributed by atoms with Gasteiger partial charge in [0.15, 0.2) is 5.11 Å². The quantitative estimate of drug-likeness (QED) is 0.516. The number of hydrogen-bond donors (Lipinski definition) is 2. The lowest BCUT2D eigenvalue weighted by atomic mass is 9.49. The van der Waals surface area contributed by atoms with E-state index in [2.05, 4.69) is 75.0 Å². The minimum atomic E-state index is 0.0828. The molecule has 7 rings (SSSR count). The van der Waals surface area contributed by atoms with Crippen LogP contribution in [0.1, 0.15) is 50.5 Å². The molecular formula is C30H38N4OS. The summed E-state index contributed by atoms with van der Waals surface area (Å²) in [6.07, 6.45) is 8.58. The molecule has 4 bridgehead atoms. The van der Waals surface area contributed by atoms with Crippen LogP contribution in [0.25, 0.3) is 0 Å². The third-order valence-electron chi connectivity index (χ3n) is 9.07. The highest BCUT2D eigenvalue weighted by Gasteiger charge is 2.51. The van der Waals surface area contributed by atoms with Crippen molar-refractivity contribution in [2.75, 3.05) is 36.4 Å². The fourth-order valence-corrected chi connectivity index (χ4v) is 8.17. The number of piperazine rings is 1. The van der Waals surface area contributed by atoms with Gasteiger partial charge in [0.25, 0.3) is 0 Å². The van der Waals surface area contributed by atoms with E-state index in [0.29, 0.717) is 11.5 Å². The van der Waals surface area contributed by atoms with Gasteiger partial charge in [-0.2, -0.15) is 0 Å². The Kier molecular flexibility index (Phi) is 6.74. The molecule has 0 radical (unpaired) electrons. The average Bonchev–Trinajstić information content (AvgIpc) is 2.84. The number of carbonyl (C=O) groups is 1. The third-order valence-corrected chi connectivity index (χ3v) is 9.27. The zero-order valence-corrected chi connectivity index (χ0v) is 21.9. The van der Waals surface area contributed by atoms with Gasteiger partial charge in [0.2, 0.25) is 5.91 Å². The number of carbonyl (C=O) groups excluding carboxylic acids is 1. The van der Waals surface area contributed by atoms with Crippen LogP contribution in [0.2, 0.25) is 0 Å². The normalized spacial score (nSPS) is 29.2. The molecule has 0 atom stereocenters. The Balaban J connectivity index is 0.962. The van der Waals surface area contributed by atoms with Crippen LogP contribution in [0.3, 0.4) is 0 Å². The first-order valence-corrected chi connectivity index (χ1v) is 14.1. The third kappa shape index (κ3) is 5.45. The van der Waals surface area contributed by atoms with Crippen molar-refractivity contribution < 1.29 is 4.79 Å². The number of benzene rings is 2. The van der Waals surface area contributed by atoms with Gasteiger partial charge in [-0.15, -0.1) is 0 Å². The molecule has 4 saturated carbocycles. The first-order valence-electron chi connectivity index (χ1n) is 13.7. The number of nitrogens with zero attached hydrogens (tertiary/aromatic N) is 2. The largest absolute Gasteiger partial charge is 0.369 e. The van der Waals surface area contributed by atoms with Crippen molar-refractivity contribution in [2.24, 2.45) is 23.2 Å². The van der Waals surface area contributed by atoms with E-state index in [0.717, 1.165) is 56.2 Å². The zero-order valence-electron chi connectivity index (χ0n) is 21.1. The summed E-state index contributed by atoms with van der Waals surface area (Å²) in [5, 5.41) is 6.60. The summed E-state index contributed by atoms with van der Waals surface area (Å²) in [5.41, 5.74) is 3.77. The Morgan fingerprint density at radius 1 is 0.861 bits per heavy atom. The Morgan fingerprint density at radius 3 is 2.08 bits per heavy atom. The molecule has 4 aliphatic carbocycles. The molecule has 1 amide bonds. The fraction of sp³-hybridized carbons (Fsp3) is 0.533. The van der Waals surface area contributed by atoms with Gasteiger partial charge < -0.3 is 15.5 Å². The summed E-state index contributed by atoms with van der Waals surface area (Å²) in [5.74, 6) is 2.66. The van der Waals surface area contributed by atoms with Gasteiger partial charge >= 0.3 is 0 Å². The predicted octanol–water partition coefficient (Wildman–Crippen LogP) is 5.43. The first-order chi connectivity index (χ1) is 17.5. The smallest absolute Gasteiger partial charge is 0.226 e. The Hall–Kier alpha value is -2.44. The Morgan fingerprint density at radius 2 is 1.47 bits per heavy atom. The van der Waals surface area contributed by atoms with Crippen molar-refractivity contribution in [2.45, 2.75) is 51.5 Å². The summed E-state index contributed by atoms with van der Waals surface area (Å²) in [4.78, 5) is 17.8. The number of amides is 1. The molecule has 6 heteroatoms. The molecule has 2 aromatic carbocycles. The van der Waals surface area contributed by atoms with Crippen LogP contribution < -0.4 is 15.5 Å². The van der Waals surface area contributed by atoms with E-state index in [4.69, 9.17) is 12.2 Å². The second-order valence-corrected chi connectivity index (χ2v) is 12.3. The summed E-state index contributed by atoms with van der Waals surface area (Å²) in [6.45, 7) is 5.20. The van der Waals surface area contributed by atoms with E-state index >= 15 is 0 Å². The van der Waals surface area contributed by atoms with Crippen LogP contribution in [0, 0.1) is 23.2 Å². The second kappa shape index (κ2) is 10.1. The average molecular weight is 503 g/mol. The lowest BCUT2D eigenvalue weighted by Crippen LogP contribution is -2.48. The zero-order chi connectivity index (χ0) is 24.5. The molecule has 2 N–H and O–H groups in total. The van der Waals surface area contributed by atoms with Crippen molar-refractivity contribution in [3.63, 3.8) is 0 Å². The van der Waals surface area contributed by atoms with E-state index in [9.17, 15) is 4.79 Å². The predicted molar refractivity (Wildman–Crippen MR) is 150 cm³/mol. The maximum atomic E-state index is 12.9. The van der Waals surface area contributed by atoms with Gasteiger partial charge in [-0.1, -0.05) is 30.3 Å². The number of nitrogens with one attached hydrogen (secondary N) is 2. The van der Waals surface area contributed by atoms with Gasteiger partial charge in [0, 0.05) is 50.5 Å². The van der Waals surface area contributed by atoms with Crippen molar-refractivity contribution in [3.8, 4) is 0 Å². The molecule has 0 aromatic heterocycles. The summed E-state index contributed by atoms with van der Waals surface area (Å²) in [6, 6.07) is 19.1. The van der Waals surface area contributed by atoms with Gasteiger partial charge in [0.05, 0.1) is 0 Å². The molecule has 0 unspecified atom stereocenters. The standard InChI is InChI=1S/C30H38N4OS/c35-28(20-30-17-23-14-24(18-30)16-25(15-23)19-30)32-29(36)31-26-6-8-27(9-7-26)34-12-10-33(11-13-34)21-22-4-2-1-3-5-22/h1-9,23-25H,10-21H2,(H2,31,32,35,36). The maximum Gasteiger partial charge on any atom is 0.226 e. The second-order valence-electron chi connectivity index (χ2n) is 11.9. The van der Waals surface area contributed by atoms with Gasteiger partial charge in [0.1, 0.15) is 0 Å². The fourth-order valence-electron chi connectivity index (χ4n) is 7.94. The minimum absolute atomic E-state index is 0.0828. The summed E-state index contributed by atoms with van der Waals surface area (Å²) in [7, 11) is 0. The lowest BCUT2D eigenvalue weighted by molar-refractivity contribution is -0.127. The molecule has 5 aliphatic rings. The Labute approximate surface area is 220 Å². The first kappa shape index (κ1) is 23.9. The summed E-state index contributed by atoms with van der Waals surface area (Å²) >= 11 is 5.49. The van der Waals surface area contributed by atoms with Crippen molar-refractivity contribution >= 4 is 34.6 Å². The van der Waals surface area contributed by atoms with E-state index in [1.165, 1.54) is 49.8 Å². The molecule has 2 aromatic rings. The van der Waals surface area contributed by atoms with Crippen molar-refractivity contribution in [1.82, 2.24) is 10.2 Å². The van der Waals surface area contributed by atoms with Crippen LogP contribution in [0.15, 0.2) is 54.6 Å². The number of hydrogen-bond acceptors (Lipinski definition) is 4. The van der Waals surface area contributed by atoms with Crippen LogP contribution in [0.4, 0.5) is 11.4 Å². The summed E-state index contributed by atoms with van der Waals surface area (Å²) < 4.78 is 0. The van der Waals surface area contributed by atoms with E-state index < -0.39 is 0 Å². The number of anilines is 2.